The molecule has 192 valence electrons. The number of alkyl halides is 3. The lowest BCUT2D eigenvalue weighted by molar-refractivity contribution is -0.141. The van der Waals surface area contributed by atoms with E-state index >= 15 is 0 Å². The summed E-state index contributed by atoms with van der Waals surface area (Å²) in [6, 6.07) is 12.3. The molecule has 0 amide bonds. The van der Waals surface area contributed by atoms with Crippen LogP contribution in [0.15, 0.2) is 60.8 Å². The molecule has 0 saturated heterocycles. The summed E-state index contributed by atoms with van der Waals surface area (Å²) >= 11 is 0. The molecule has 38 heavy (non-hydrogen) atoms. The number of nitrogens with one attached hydrogen (secondary N) is 1. The maximum atomic E-state index is 13.4. The summed E-state index contributed by atoms with van der Waals surface area (Å²) in [5.74, 6) is -0.607. The Bertz CT molecular complexity index is 1590. The molecule has 2 aromatic heterocycles. The number of aryl methyl sites for hydroxylation is 1. The van der Waals surface area contributed by atoms with E-state index in [0.717, 1.165) is 16.8 Å². The van der Waals surface area contributed by atoms with Gasteiger partial charge in [-0.25, -0.2) is 19.3 Å². The zero-order valence-corrected chi connectivity index (χ0v) is 20.0. The van der Waals surface area contributed by atoms with Crippen LogP contribution in [0.5, 0.6) is 5.75 Å². The van der Waals surface area contributed by atoms with Gasteiger partial charge in [-0.1, -0.05) is 18.2 Å². The number of nitrogens with zero attached hydrogens (tertiary/aromatic N) is 5. The minimum atomic E-state index is -4.66. The molecule has 2 aromatic carbocycles. The summed E-state index contributed by atoms with van der Waals surface area (Å²) in [5.41, 5.74) is 1.27. The summed E-state index contributed by atoms with van der Waals surface area (Å²) in [7, 11) is 1.45. The number of aliphatic carboxylic acids is 1. The highest BCUT2D eigenvalue weighted by molar-refractivity contribution is 5.86. The number of carbonyl (C=O) groups is 1. The topological polar surface area (TPSA) is 107 Å². The van der Waals surface area contributed by atoms with Crippen molar-refractivity contribution < 1.29 is 27.8 Å². The number of carboxylic acid groups (broad SMARTS) is 1. The summed E-state index contributed by atoms with van der Waals surface area (Å²) in [6.45, 7) is 8.75. The Balaban J connectivity index is 1.85. The molecule has 0 bridgehead atoms. The predicted molar refractivity (Wildman–Crippen MR) is 134 cm³/mol. The molecule has 0 spiro atoms. The maximum Gasteiger partial charge on any atom is 0.435 e. The van der Waals surface area contributed by atoms with Gasteiger partial charge in [0.25, 0.3) is 0 Å². The van der Waals surface area contributed by atoms with Crippen LogP contribution >= 0.6 is 0 Å². The number of aromatic nitrogens is 4. The van der Waals surface area contributed by atoms with Crippen molar-refractivity contribution in [1.29, 1.82) is 0 Å². The van der Waals surface area contributed by atoms with Crippen molar-refractivity contribution in [3.63, 3.8) is 0 Å². The van der Waals surface area contributed by atoms with Crippen LogP contribution in [0.25, 0.3) is 27.9 Å². The Morgan fingerprint density at radius 3 is 2.66 bits per heavy atom. The molecule has 4 aromatic rings. The number of methoxy groups -OCH3 is 1. The highest BCUT2D eigenvalue weighted by atomic mass is 19.4. The molecule has 0 fully saturated rings. The van der Waals surface area contributed by atoms with E-state index in [1.807, 2.05) is 0 Å². The second-order valence-corrected chi connectivity index (χ2v) is 7.96. The van der Waals surface area contributed by atoms with Crippen molar-refractivity contribution in [2.45, 2.75) is 13.1 Å². The lowest BCUT2D eigenvalue weighted by Gasteiger charge is -2.14. The Morgan fingerprint density at radius 1 is 1.21 bits per heavy atom. The van der Waals surface area contributed by atoms with Crippen molar-refractivity contribution in [3.05, 3.63) is 89.2 Å². The SMILES string of the molecule is [C-]#[N+]c1cc(Nc2ncc(-c3cccc(C=CC(=O)O)c3)c(-n3nc(C(F)(F)F)cc3C)n2)cc(OC)c1. The predicted octanol–water partition coefficient (Wildman–Crippen LogP) is 6.06. The number of rotatable bonds is 7. The third-order valence-electron chi connectivity index (χ3n) is 5.28. The number of hydrogen-bond acceptors (Lipinski definition) is 6. The summed E-state index contributed by atoms with van der Waals surface area (Å²) < 4.78 is 46.5. The first-order chi connectivity index (χ1) is 18.1. The second-order valence-electron chi connectivity index (χ2n) is 7.96. The fourth-order valence-electron chi connectivity index (χ4n) is 3.57. The van der Waals surface area contributed by atoms with Gasteiger partial charge in [-0.05, 0) is 48.4 Å². The number of halogens is 3. The molecule has 4 rings (SSSR count). The van der Waals surface area contributed by atoms with Crippen LogP contribution < -0.4 is 10.1 Å². The molecule has 0 unspecified atom stereocenters. The van der Waals surface area contributed by atoms with E-state index in [0.29, 0.717) is 33.8 Å². The molecule has 0 radical (unpaired) electrons. The first kappa shape index (κ1) is 25.9. The Kier molecular flexibility index (Phi) is 7.11. The molecule has 0 aliphatic heterocycles. The zero-order valence-electron chi connectivity index (χ0n) is 20.0. The summed E-state index contributed by atoms with van der Waals surface area (Å²) in [6.07, 6.45) is -0.874. The van der Waals surface area contributed by atoms with Gasteiger partial charge in [0.15, 0.2) is 17.2 Å². The molecule has 9 nitrogen and oxygen atoms in total. The molecular formula is C26H19F3N6O3. The first-order valence-corrected chi connectivity index (χ1v) is 10.9. The third kappa shape index (κ3) is 5.79. The van der Waals surface area contributed by atoms with E-state index in [2.05, 4.69) is 25.2 Å². The van der Waals surface area contributed by atoms with Crippen molar-refractivity contribution in [2.75, 3.05) is 12.4 Å². The normalized spacial score (nSPS) is 11.4. The molecule has 0 atom stereocenters. The molecule has 12 heteroatoms. The van der Waals surface area contributed by atoms with E-state index in [1.54, 1.807) is 42.5 Å². The Labute approximate surface area is 214 Å². The second kappa shape index (κ2) is 10.4. The molecule has 0 aliphatic rings. The van der Waals surface area contributed by atoms with Gasteiger partial charge in [0, 0.05) is 35.3 Å². The van der Waals surface area contributed by atoms with Crippen LogP contribution in [0.4, 0.5) is 30.5 Å². The quantitative estimate of drug-likeness (QED) is 0.225. The van der Waals surface area contributed by atoms with Crippen molar-refractivity contribution in [1.82, 2.24) is 19.7 Å². The highest BCUT2D eigenvalue weighted by Crippen LogP contribution is 2.33. The van der Waals surface area contributed by atoms with Gasteiger partial charge in [0.1, 0.15) is 5.75 Å². The van der Waals surface area contributed by atoms with Crippen LogP contribution in [0.1, 0.15) is 17.0 Å². The summed E-state index contributed by atoms with van der Waals surface area (Å²) in [5, 5.41) is 15.6. The fraction of sp³-hybridized carbons (Fsp3) is 0.115. The van der Waals surface area contributed by atoms with Crippen LogP contribution in [0, 0.1) is 13.5 Å². The fourth-order valence-corrected chi connectivity index (χ4v) is 3.57. The van der Waals surface area contributed by atoms with Crippen LogP contribution in [0.2, 0.25) is 0 Å². The molecule has 0 saturated carbocycles. The smallest absolute Gasteiger partial charge is 0.435 e. The van der Waals surface area contributed by atoms with Crippen LogP contribution in [0.3, 0.4) is 0 Å². The van der Waals surface area contributed by atoms with Gasteiger partial charge in [0.05, 0.1) is 13.7 Å². The highest BCUT2D eigenvalue weighted by Gasteiger charge is 2.35. The van der Waals surface area contributed by atoms with E-state index in [4.69, 9.17) is 16.4 Å². The lowest BCUT2D eigenvalue weighted by Crippen LogP contribution is -2.10. The number of ether oxygens (including phenoxy) is 1. The number of benzene rings is 2. The standard InChI is InChI=1S/C26H19F3N6O3/c1-15-9-22(26(27,28)29)34-35(15)24-21(17-6-4-5-16(10-17)7-8-23(36)37)14-31-25(33-24)32-19-11-18(30-2)12-20(13-19)38-3/h4-14H,1,3H3,(H,36,37)(H,31,32,33). The van der Waals surface area contributed by atoms with Gasteiger partial charge >= 0.3 is 12.1 Å². The van der Waals surface area contributed by atoms with Crippen molar-refractivity contribution in [3.8, 4) is 22.7 Å². The number of carboxylic acids is 1. The number of hydrogen-bond donors (Lipinski definition) is 2. The summed E-state index contributed by atoms with van der Waals surface area (Å²) in [4.78, 5) is 23.1. The van der Waals surface area contributed by atoms with E-state index < -0.39 is 17.8 Å². The average molecular weight is 520 g/mol. The maximum absolute atomic E-state index is 13.4. The van der Waals surface area contributed by atoms with E-state index in [-0.39, 0.29) is 17.5 Å². The van der Waals surface area contributed by atoms with Gasteiger partial charge in [0.2, 0.25) is 5.95 Å². The van der Waals surface area contributed by atoms with E-state index in [1.165, 1.54) is 26.3 Å². The Hall–Kier alpha value is -5.18. The Morgan fingerprint density at radius 2 is 2.00 bits per heavy atom. The van der Waals surface area contributed by atoms with Crippen molar-refractivity contribution >= 4 is 29.4 Å². The zero-order chi connectivity index (χ0) is 27.4. The molecule has 2 N–H and O–H groups in total. The monoisotopic (exact) mass is 520 g/mol. The van der Waals surface area contributed by atoms with Gasteiger partial charge < -0.3 is 15.2 Å². The molecule has 2 heterocycles. The van der Waals surface area contributed by atoms with Crippen LogP contribution in [-0.2, 0) is 11.0 Å². The largest absolute Gasteiger partial charge is 0.498 e. The minimum Gasteiger partial charge on any atom is -0.498 e. The van der Waals surface area contributed by atoms with Crippen LogP contribution in [-0.4, -0.2) is 37.9 Å². The van der Waals surface area contributed by atoms with Crippen molar-refractivity contribution in [2.24, 2.45) is 0 Å². The lowest BCUT2D eigenvalue weighted by atomic mass is 10.0. The van der Waals surface area contributed by atoms with Gasteiger partial charge in [-0.3, -0.25) is 0 Å². The third-order valence-corrected chi connectivity index (χ3v) is 5.28. The molecule has 0 aliphatic carbocycles. The average Bonchev–Trinajstić information content (AvgIpc) is 3.29. The van der Waals surface area contributed by atoms with Gasteiger partial charge in [-0.2, -0.15) is 23.3 Å². The molecular weight excluding hydrogens is 501 g/mol. The first-order valence-electron chi connectivity index (χ1n) is 10.9. The van der Waals surface area contributed by atoms with Gasteiger partial charge in [-0.15, -0.1) is 0 Å². The number of anilines is 2. The van der Waals surface area contributed by atoms with E-state index in [9.17, 15) is 18.0 Å². The minimum absolute atomic E-state index is 0.0401.